The van der Waals surface area contributed by atoms with Gasteiger partial charge in [-0.3, -0.25) is 4.79 Å². The summed E-state index contributed by atoms with van der Waals surface area (Å²) in [4.78, 5) is 12.0. The van der Waals surface area contributed by atoms with Crippen molar-refractivity contribution in [1.82, 2.24) is 5.43 Å². The highest BCUT2D eigenvalue weighted by Crippen LogP contribution is 2.20. The Morgan fingerprint density at radius 1 is 1.09 bits per heavy atom. The van der Waals surface area contributed by atoms with Crippen molar-refractivity contribution in [1.29, 1.82) is 0 Å². The van der Waals surface area contributed by atoms with Gasteiger partial charge in [-0.05, 0) is 29.0 Å². The van der Waals surface area contributed by atoms with Gasteiger partial charge in [0.25, 0.3) is 5.91 Å². The molecule has 0 aromatic heterocycles. The summed E-state index contributed by atoms with van der Waals surface area (Å²) in [5, 5.41) is 15.5. The van der Waals surface area contributed by atoms with Crippen molar-refractivity contribution in [2.24, 2.45) is 5.10 Å². The molecule has 3 aromatic carbocycles. The molecule has 0 spiro atoms. The second-order valence-corrected chi connectivity index (χ2v) is 5.04. The molecule has 5 heteroatoms. The number of phenolic OH excluding ortho intramolecular Hbond substituents is 1. The van der Waals surface area contributed by atoms with Crippen LogP contribution in [0.2, 0.25) is 0 Å². The number of benzene rings is 3. The summed E-state index contributed by atoms with van der Waals surface area (Å²) in [5.41, 5.74) is 9.41. The predicted octanol–water partition coefficient (Wildman–Crippen LogP) is 2.89. The minimum Gasteiger partial charge on any atom is -0.506 e. The van der Waals surface area contributed by atoms with E-state index in [1.54, 1.807) is 6.21 Å². The van der Waals surface area contributed by atoms with Crippen LogP contribution in [-0.4, -0.2) is 17.2 Å². The minimum atomic E-state index is -0.395. The van der Waals surface area contributed by atoms with Crippen LogP contribution in [0.25, 0.3) is 10.8 Å². The number of hydrogen-bond acceptors (Lipinski definition) is 4. The SMILES string of the molecule is Nc1cc(C(=O)N/N=C/c2cccc3ccccc23)ccc1O. The number of anilines is 1. The van der Waals surface area contributed by atoms with E-state index in [0.717, 1.165) is 16.3 Å². The van der Waals surface area contributed by atoms with Crippen LogP contribution in [0.3, 0.4) is 0 Å². The van der Waals surface area contributed by atoms with Crippen LogP contribution in [0.4, 0.5) is 5.69 Å². The van der Waals surface area contributed by atoms with Crippen LogP contribution >= 0.6 is 0 Å². The standard InChI is InChI=1S/C18H15N3O2/c19-16-10-13(8-9-17(16)22)18(23)21-20-11-14-6-3-5-12-4-1-2-7-15(12)14/h1-11,22H,19H2,(H,21,23)/b20-11+. The zero-order valence-corrected chi connectivity index (χ0v) is 12.2. The quantitative estimate of drug-likeness (QED) is 0.301. The van der Waals surface area contributed by atoms with Gasteiger partial charge in [0, 0.05) is 11.1 Å². The Hall–Kier alpha value is -3.34. The van der Waals surface area contributed by atoms with Crippen molar-refractivity contribution in [3.63, 3.8) is 0 Å². The van der Waals surface area contributed by atoms with Crippen LogP contribution in [-0.2, 0) is 0 Å². The number of nitrogens with two attached hydrogens (primary N) is 1. The Bertz CT molecular complexity index is 898. The Kier molecular flexibility index (Phi) is 3.93. The van der Waals surface area contributed by atoms with Crippen molar-refractivity contribution in [3.8, 4) is 5.75 Å². The van der Waals surface area contributed by atoms with Crippen LogP contribution in [0, 0.1) is 0 Å². The van der Waals surface area contributed by atoms with Crippen molar-refractivity contribution in [2.45, 2.75) is 0 Å². The lowest BCUT2D eigenvalue weighted by atomic mass is 10.1. The second kappa shape index (κ2) is 6.19. The van der Waals surface area contributed by atoms with Crippen LogP contribution in [0.5, 0.6) is 5.75 Å². The summed E-state index contributed by atoms with van der Waals surface area (Å²) in [7, 11) is 0. The number of rotatable bonds is 3. The van der Waals surface area contributed by atoms with Gasteiger partial charge in [-0.25, -0.2) is 5.43 Å². The Morgan fingerprint density at radius 2 is 1.87 bits per heavy atom. The Labute approximate surface area is 133 Å². The number of nitrogen functional groups attached to an aromatic ring is 1. The molecule has 3 rings (SSSR count). The van der Waals surface area contributed by atoms with E-state index >= 15 is 0 Å². The first kappa shape index (κ1) is 14.6. The first-order valence-corrected chi connectivity index (χ1v) is 7.05. The number of aromatic hydroxyl groups is 1. The number of phenols is 1. The number of carbonyl (C=O) groups excluding carboxylic acids is 1. The fourth-order valence-corrected chi connectivity index (χ4v) is 2.28. The predicted molar refractivity (Wildman–Crippen MR) is 91.5 cm³/mol. The number of amides is 1. The molecule has 5 nitrogen and oxygen atoms in total. The molecule has 3 aromatic rings. The molecule has 0 fully saturated rings. The largest absolute Gasteiger partial charge is 0.506 e. The van der Waals surface area contributed by atoms with Gasteiger partial charge in [0.15, 0.2) is 0 Å². The number of fused-ring (bicyclic) bond motifs is 1. The van der Waals surface area contributed by atoms with Crippen LogP contribution in [0.15, 0.2) is 65.8 Å². The summed E-state index contributed by atoms with van der Waals surface area (Å²) < 4.78 is 0. The molecule has 4 N–H and O–H groups in total. The fraction of sp³-hybridized carbons (Fsp3) is 0. The Morgan fingerprint density at radius 3 is 2.70 bits per heavy atom. The molecule has 0 radical (unpaired) electrons. The molecule has 0 aliphatic rings. The van der Waals surface area contributed by atoms with E-state index in [1.165, 1.54) is 18.2 Å². The topological polar surface area (TPSA) is 87.7 Å². The second-order valence-electron chi connectivity index (χ2n) is 5.04. The first-order valence-electron chi connectivity index (χ1n) is 7.05. The lowest BCUT2D eigenvalue weighted by Gasteiger charge is -2.03. The average Bonchev–Trinajstić information content (AvgIpc) is 2.57. The highest BCUT2D eigenvalue weighted by molar-refractivity contribution is 6.01. The van der Waals surface area contributed by atoms with E-state index in [9.17, 15) is 9.90 Å². The molecular weight excluding hydrogens is 290 g/mol. The zero-order chi connectivity index (χ0) is 16.2. The van der Waals surface area contributed by atoms with Gasteiger partial charge < -0.3 is 10.8 Å². The third-order valence-electron chi connectivity index (χ3n) is 3.48. The van der Waals surface area contributed by atoms with Gasteiger partial charge in [-0.1, -0.05) is 42.5 Å². The molecule has 0 bridgehead atoms. The summed E-state index contributed by atoms with van der Waals surface area (Å²) in [6.45, 7) is 0. The fourth-order valence-electron chi connectivity index (χ4n) is 2.28. The zero-order valence-electron chi connectivity index (χ0n) is 12.2. The third kappa shape index (κ3) is 3.13. The van der Waals surface area contributed by atoms with E-state index in [2.05, 4.69) is 10.5 Å². The highest BCUT2D eigenvalue weighted by Gasteiger charge is 2.06. The van der Waals surface area contributed by atoms with E-state index in [4.69, 9.17) is 5.73 Å². The summed E-state index contributed by atoms with van der Waals surface area (Å²) in [6.07, 6.45) is 1.60. The van der Waals surface area contributed by atoms with Gasteiger partial charge in [-0.15, -0.1) is 0 Å². The van der Waals surface area contributed by atoms with Gasteiger partial charge >= 0.3 is 0 Å². The molecule has 0 saturated heterocycles. The maximum absolute atomic E-state index is 12.0. The minimum absolute atomic E-state index is 0.0548. The first-order chi connectivity index (χ1) is 11.1. The maximum Gasteiger partial charge on any atom is 0.271 e. The lowest BCUT2D eigenvalue weighted by molar-refractivity contribution is 0.0955. The highest BCUT2D eigenvalue weighted by atomic mass is 16.3. The van der Waals surface area contributed by atoms with E-state index in [-0.39, 0.29) is 11.4 Å². The van der Waals surface area contributed by atoms with E-state index < -0.39 is 5.91 Å². The normalized spacial score (nSPS) is 11.0. The van der Waals surface area contributed by atoms with Crippen molar-refractivity contribution < 1.29 is 9.90 Å². The number of carbonyl (C=O) groups is 1. The third-order valence-corrected chi connectivity index (χ3v) is 3.48. The molecule has 0 aliphatic heterocycles. The summed E-state index contributed by atoms with van der Waals surface area (Å²) in [6, 6.07) is 18.1. The number of hydrogen-bond donors (Lipinski definition) is 3. The smallest absolute Gasteiger partial charge is 0.271 e. The molecule has 0 atom stereocenters. The molecule has 23 heavy (non-hydrogen) atoms. The number of hydrazone groups is 1. The van der Waals surface area contributed by atoms with Gasteiger partial charge in [0.05, 0.1) is 11.9 Å². The average molecular weight is 305 g/mol. The monoisotopic (exact) mass is 305 g/mol. The van der Waals surface area contributed by atoms with Gasteiger partial charge in [-0.2, -0.15) is 5.10 Å². The molecular formula is C18H15N3O2. The van der Waals surface area contributed by atoms with E-state index in [0.29, 0.717) is 5.56 Å². The molecule has 1 amide bonds. The van der Waals surface area contributed by atoms with Crippen LogP contribution < -0.4 is 11.2 Å². The molecule has 0 aliphatic carbocycles. The van der Waals surface area contributed by atoms with Crippen molar-refractivity contribution in [3.05, 3.63) is 71.8 Å². The van der Waals surface area contributed by atoms with Crippen molar-refractivity contribution in [2.75, 3.05) is 5.73 Å². The van der Waals surface area contributed by atoms with Gasteiger partial charge in [0.2, 0.25) is 0 Å². The summed E-state index contributed by atoms with van der Waals surface area (Å²) in [5.74, 6) is -0.450. The van der Waals surface area contributed by atoms with E-state index in [1.807, 2.05) is 42.5 Å². The molecule has 0 heterocycles. The molecule has 0 unspecified atom stereocenters. The maximum atomic E-state index is 12.0. The Balaban J connectivity index is 1.77. The van der Waals surface area contributed by atoms with Gasteiger partial charge in [0.1, 0.15) is 5.75 Å². The van der Waals surface area contributed by atoms with Crippen LogP contribution in [0.1, 0.15) is 15.9 Å². The summed E-state index contributed by atoms with van der Waals surface area (Å²) >= 11 is 0. The van der Waals surface area contributed by atoms with Crippen molar-refractivity contribution >= 4 is 28.6 Å². The lowest BCUT2D eigenvalue weighted by Crippen LogP contribution is -2.17. The number of nitrogens with zero attached hydrogens (tertiary/aromatic N) is 1. The molecule has 0 saturated carbocycles. The number of nitrogens with one attached hydrogen (secondary N) is 1. The molecule has 114 valence electrons.